The Balaban J connectivity index is 2.04. The van der Waals surface area contributed by atoms with Crippen molar-refractivity contribution in [2.45, 2.75) is 51.6 Å². The Bertz CT molecular complexity index is 594. The fourth-order valence-electron chi connectivity index (χ4n) is 3.14. The van der Waals surface area contributed by atoms with Crippen LogP contribution in [0.4, 0.5) is 4.79 Å². The lowest BCUT2D eigenvalue weighted by Crippen LogP contribution is -2.47. The van der Waals surface area contributed by atoms with Crippen LogP contribution in [0.1, 0.15) is 45.1 Å². The van der Waals surface area contributed by atoms with E-state index in [1.54, 1.807) is 23.3 Å². The predicted octanol–water partition coefficient (Wildman–Crippen LogP) is 2.60. The molecule has 0 radical (unpaired) electrons. The van der Waals surface area contributed by atoms with Gasteiger partial charge in [0, 0.05) is 13.6 Å². The topological polar surface area (TPSA) is 69.7 Å². The van der Waals surface area contributed by atoms with Crippen LogP contribution in [0.5, 0.6) is 0 Å². The lowest BCUT2D eigenvalue weighted by molar-refractivity contribution is -0.138. The number of carbonyl (C=O) groups excluding carboxylic acids is 3. The molecule has 0 unspecified atom stereocenters. The van der Waals surface area contributed by atoms with Gasteiger partial charge in [-0.05, 0) is 35.2 Å². The highest BCUT2D eigenvalue weighted by Crippen LogP contribution is 2.28. The van der Waals surface area contributed by atoms with Crippen molar-refractivity contribution < 1.29 is 14.4 Å². The first-order valence-electron chi connectivity index (χ1n) is 8.32. The summed E-state index contributed by atoms with van der Waals surface area (Å²) in [4.78, 5) is 40.0. The first-order valence-corrected chi connectivity index (χ1v) is 9.27. The van der Waals surface area contributed by atoms with Crippen molar-refractivity contribution in [2.75, 3.05) is 13.6 Å². The minimum Gasteiger partial charge on any atom is -0.340 e. The van der Waals surface area contributed by atoms with Gasteiger partial charge in [0.2, 0.25) is 5.91 Å². The minimum atomic E-state index is -0.840. The SMILES string of the molecule is CCCC1(CCC)NC(=O)N(CC(=O)N(C)Cc2ccsc2)C1=O. The molecule has 0 aliphatic carbocycles. The Kier molecular flexibility index (Phi) is 5.99. The number of nitrogens with one attached hydrogen (secondary N) is 1. The number of hydrogen-bond donors (Lipinski definition) is 1. The van der Waals surface area contributed by atoms with Crippen molar-refractivity contribution in [3.05, 3.63) is 22.4 Å². The van der Waals surface area contributed by atoms with Gasteiger partial charge in [-0.3, -0.25) is 14.5 Å². The Labute approximate surface area is 146 Å². The van der Waals surface area contributed by atoms with Crippen molar-refractivity contribution in [1.29, 1.82) is 0 Å². The summed E-state index contributed by atoms with van der Waals surface area (Å²) in [5.41, 5.74) is 0.201. The van der Waals surface area contributed by atoms with Crippen LogP contribution in [0, 0.1) is 0 Å². The van der Waals surface area contributed by atoms with Gasteiger partial charge in [0.05, 0.1) is 0 Å². The lowest BCUT2D eigenvalue weighted by Gasteiger charge is -2.26. The number of thiophene rings is 1. The Morgan fingerprint density at radius 2 is 1.96 bits per heavy atom. The van der Waals surface area contributed by atoms with E-state index in [4.69, 9.17) is 0 Å². The predicted molar refractivity (Wildman–Crippen MR) is 93.6 cm³/mol. The summed E-state index contributed by atoms with van der Waals surface area (Å²) >= 11 is 1.57. The molecule has 1 N–H and O–H groups in total. The number of nitrogens with zero attached hydrogens (tertiary/aromatic N) is 2. The van der Waals surface area contributed by atoms with Crippen LogP contribution in [0.25, 0.3) is 0 Å². The van der Waals surface area contributed by atoms with Gasteiger partial charge in [-0.1, -0.05) is 26.7 Å². The molecule has 1 aromatic heterocycles. The molecule has 0 saturated carbocycles. The molecule has 1 aliphatic rings. The molecule has 6 nitrogen and oxygen atoms in total. The second-order valence-electron chi connectivity index (χ2n) is 6.28. The van der Waals surface area contributed by atoms with E-state index >= 15 is 0 Å². The molecule has 7 heteroatoms. The quantitative estimate of drug-likeness (QED) is 0.732. The van der Waals surface area contributed by atoms with Crippen molar-refractivity contribution in [1.82, 2.24) is 15.1 Å². The molecule has 24 heavy (non-hydrogen) atoms. The molecular formula is C17H25N3O3S. The van der Waals surface area contributed by atoms with E-state index < -0.39 is 11.6 Å². The fraction of sp³-hybridized carbons (Fsp3) is 0.588. The van der Waals surface area contributed by atoms with Gasteiger partial charge >= 0.3 is 6.03 Å². The van der Waals surface area contributed by atoms with E-state index in [0.29, 0.717) is 19.4 Å². The minimum absolute atomic E-state index is 0.208. The fourth-order valence-corrected chi connectivity index (χ4v) is 3.80. The Morgan fingerprint density at radius 1 is 1.29 bits per heavy atom. The first kappa shape index (κ1) is 18.4. The number of hydrogen-bond acceptors (Lipinski definition) is 4. The molecule has 0 atom stereocenters. The maximum absolute atomic E-state index is 12.8. The second kappa shape index (κ2) is 7.79. The molecular weight excluding hydrogens is 326 g/mol. The van der Waals surface area contributed by atoms with Gasteiger partial charge in [-0.15, -0.1) is 0 Å². The van der Waals surface area contributed by atoms with Gasteiger partial charge < -0.3 is 10.2 Å². The summed E-state index contributed by atoms with van der Waals surface area (Å²) in [6.45, 7) is 4.24. The van der Waals surface area contributed by atoms with E-state index in [0.717, 1.165) is 23.3 Å². The van der Waals surface area contributed by atoms with Gasteiger partial charge in [-0.2, -0.15) is 11.3 Å². The Morgan fingerprint density at radius 3 is 2.50 bits per heavy atom. The first-order chi connectivity index (χ1) is 11.4. The summed E-state index contributed by atoms with van der Waals surface area (Å²) in [5.74, 6) is -0.512. The largest absolute Gasteiger partial charge is 0.340 e. The van der Waals surface area contributed by atoms with Crippen molar-refractivity contribution in [3.8, 4) is 0 Å². The molecule has 0 bridgehead atoms. The van der Waals surface area contributed by atoms with E-state index in [1.165, 1.54) is 0 Å². The molecule has 1 saturated heterocycles. The zero-order valence-corrected chi connectivity index (χ0v) is 15.3. The van der Waals surface area contributed by atoms with Gasteiger partial charge in [0.1, 0.15) is 12.1 Å². The molecule has 1 fully saturated rings. The molecule has 132 valence electrons. The third kappa shape index (κ3) is 3.77. The average Bonchev–Trinajstić information content (AvgIpc) is 3.11. The normalized spacial score (nSPS) is 16.4. The zero-order chi connectivity index (χ0) is 17.7. The number of amides is 4. The molecule has 0 aromatic carbocycles. The van der Waals surface area contributed by atoms with Crippen molar-refractivity contribution in [2.24, 2.45) is 0 Å². The molecule has 1 aliphatic heterocycles. The third-order valence-corrected chi connectivity index (χ3v) is 5.05. The van der Waals surface area contributed by atoms with Crippen LogP contribution < -0.4 is 5.32 Å². The van der Waals surface area contributed by atoms with Crippen molar-refractivity contribution in [3.63, 3.8) is 0 Å². The highest BCUT2D eigenvalue weighted by molar-refractivity contribution is 7.07. The summed E-state index contributed by atoms with van der Waals surface area (Å²) in [7, 11) is 1.68. The van der Waals surface area contributed by atoms with Gasteiger partial charge in [0.25, 0.3) is 5.91 Å². The maximum atomic E-state index is 12.8. The lowest BCUT2D eigenvalue weighted by atomic mass is 9.88. The average molecular weight is 351 g/mol. The van der Waals surface area contributed by atoms with Crippen LogP contribution in [-0.2, 0) is 16.1 Å². The van der Waals surface area contributed by atoms with E-state index in [2.05, 4.69) is 5.32 Å². The highest BCUT2D eigenvalue weighted by atomic mass is 32.1. The monoisotopic (exact) mass is 351 g/mol. The van der Waals surface area contributed by atoms with Crippen LogP contribution in [0.15, 0.2) is 16.8 Å². The number of likely N-dealkylation sites (N-methyl/N-ethyl adjacent to an activating group) is 1. The summed E-state index contributed by atoms with van der Waals surface area (Å²) < 4.78 is 0. The molecule has 2 heterocycles. The second-order valence-corrected chi connectivity index (χ2v) is 7.06. The number of urea groups is 1. The number of carbonyl (C=O) groups is 3. The van der Waals surface area contributed by atoms with Gasteiger partial charge in [-0.25, -0.2) is 4.79 Å². The highest BCUT2D eigenvalue weighted by Gasteiger charge is 2.50. The van der Waals surface area contributed by atoms with Crippen LogP contribution >= 0.6 is 11.3 Å². The smallest absolute Gasteiger partial charge is 0.325 e. The summed E-state index contributed by atoms with van der Waals surface area (Å²) in [5, 5.41) is 6.76. The zero-order valence-electron chi connectivity index (χ0n) is 14.5. The Hall–Kier alpha value is -1.89. The summed E-state index contributed by atoms with van der Waals surface area (Å²) in [6.07, 6.45) is 2.79. The maximum Gasteiger partial charge on any atom is 0.325 e. The van der Waals surface area contributed by atoms with Crippen LogP contribution in [0.3, 0.4) is 0 Å². The number of rotatable bonds is 8. The van der Waals surface area contributed by atoms with Crippen molar-refractivity contribution >= 4 is 29.2 Å². The molecule has 1 aromatic rings. The standard InChI is InChI=1S/C17H25N3O3S/c1-4-7-17(8-5-2)15(22)20(16(23)18-17)11-14(21)19(3)10-13-6-9-24-12-13/h6,9,12H,4-5,7-8,10-11H2,1-3H3,(H,18,23). The molecule has 2 rings (SSSR count). The van der Waals surface area contributed by atoms with E-state index in [-0.39, 0.29) is 18.4 Å². The number of imide groups is 1. The summed E-state index contributed by atoms with van der Waals surface area (Å²) in [6, 6.07) is 1.49. The van der Waals surface area contributed by atoms with E-state index in [1.807, 2.05) is 30.7 Å². The van der Waals surface area contributed by atoms with Crippen LogP contribution in [0.2, 0.25) is 0 Å². The molecule has 4 amide bonds. The molecule has 0 spiro atoms. The van der Waals surface area contributed by atoms with Crippen LogP contribution in [-0.4, -0.2) is 46.8 Å². The van der Waals surface area contributed by atoms with Gasteiger partial charge in [0.15, 0.2) is 0 Å². The third-order valence-electron chi connectivity index (χ3n) is 4.32. The van der Waals surface area contributed by atoms with E-state index in [9.17, 15) is 14.4 Å².